The Kier molecular flexibility index (Phi) is 3.21. The highest BCUT2D eigenvalue weighted by Crippen LogP contribution is 2.41. The molecule has 0 N–H and O–H groups in total. The van der Waals surface area contributed by atoms with Crippen molar-refractivity contribution in [1.82, 2.24) is 4.98 Å². The molecule has 0 aliphatic heterocycles. The van der Waals surface area contributed by atoms with E-state index in [9.17, 15) is 4.79 Å². The zero-order chi connectivity index (χ0) is 12.3. The van der Waals surface area contributed by atoms with Gasteiger partial charge in [-0.15, -0.1) is 0 Å². The maximum atomic E-state index is 12.4. The van der Waals surface area contributed by atoms with Crippen molar-refractivity contribution in [3.8, 4) is 6.07 Å². The number of aromatic nitrogens is 1. The molecule has 2 rings (SSSR count). The second-order valence-electron chi connectivity index (χ2n) is 4.40. The summed E-state index contributed by atoms with van der Waals surface area (Å²) in [7, 11) is 1.61. The monoisotopic (exact) mass is 230 g/mol. The quantitative estimate of drug-likeness (QED) is 0.790. The Morgan fingerprint density at radius 1 is 1.65 bits per heavy atom. The van der Waals surface area contributed by atoms with Crippen LogP contribution in [0.2, 0.25) is 0 Å². The van der Waals surface area contributed by atoms with Gasteiger partial charge in [0.15, 0.2) is 5.78 Å². The van der Waals surface area contributed by atoms with Crippen molar-refractivity contribution in [3.05, 3.63) is 29.6 Å². The van der Waals surface area contributed by atoms with Crippen LogP contribution in [0, 0.1) is 16.7 Å². The van der Waals surface area contributed by atoms with Crippen LogP contribution in [0.4, 0.5) is 0 Å². The van der Waals surface area contributed by atoms with Crippen LogP contribution >= 0.6 is 0 Å². The summed E-state index contributed by atoms with van der Waals surface area (Å²) in [6, 6.07) is 3.99. The predicted molar refractivity (Wildman–Crippen MR) is 61.4 cm³/mol. The highest BCUT2D eigenvalue weighted by atomic mass is 16.5. The summed E-state index contributed by atoms with van der Waals surface area (Å²) in [6.45, 7) is 0.495. The largest absolute Gasteiger partial charge is 0.385 e. The first-order valence-electron chi connectivity index (χ1n) is 5.57. The van der Waals surface area contributed by atoms with Gasteiger partial charge in [-0.1, -0.05) is 0 Å². The first-order valence-corrected chi connectivity index (χ1v) is 5.57. The lowest BCUT2D eigenvalue weighted by Gasteiger charge is -2.23. The first-order chi connectivity index (χ1) is 8.23. The van der Waals surface area contributed by atoms with Gasteiger partial charge in [-0.2, -0.15) is 5.26 Å². The Bertz CT molecular complexity index is 479. The SMILES string of the molecule is COCC[C@@]1(CC#N)Cc2ccncc2C1=O. The maximum absolute atomic E-state index is 12.4. The molecule has 0 saturated heterocycles. The van der Waals surface area contributed by atoms with Gasteiger partial charge in [0, 0.05) is 38.1 Å². The van der Waals surface area contributed by atoms with Crippen LogP contribution in [0.25, 0.3) is 0 Å². The number of nitrogens with zero attached hydrogens (tertiary/aromatic N) is 2. The van der Waals surface area contributed by atoms with Crippen LogP contribution in [-0.2, 0) is 11.2 Å². The Morgan fingerprint density at radius 2 is 2.47 bits per heavy atom. The van der Waals surface area contributed by atoms with Crippen LogP contribution in [0.3, 0.4) is 0 Å². The third-order valence-electron chi connectivity index (χ3n) is 3.37. The van der Waals surface area contributed by atoms with E-state index < -0.39 is 5.41 Å². The number of fused-ring (bicyclic) bond motifs is 1. The molecule has 88 valence electrons. The number of carbonyl (C=O) groups is 1. The molecule has 1 aromatic rings. The van der Waals surface area contributed by atoms with Crippen molar-refractivity contribution in [2.45, 2.75) is 19.3 Å². The second kappa shape index (κ2) is 4.64. The first kappa shape index (κ1) is 11.7. The molecule has 1 atom stereocenters. The van der Waals surface area contributed by atoms with Gasteiger partial charge in [0.25, 0.3) is 0 Å². The predicted octanol–water partition coefficient (Wildman–Crippen LogP) is 1.76. The lowest BCUT2D eigenvalue weighted by molar-refractivity contribution is 0.0740. The standard InChI is InChI=1S/C13H14N2O2/c1-17-7-4-13(3-5-14)8-10-2-6-15-9-11(10)12(13)16/h2,6,9H,3-4,7-8H2,1H3/t13-/m0/s1. The number of hydrogen-bond acceptors (Lipinski definition) is 4. The molecule has 0 fully saturated rings. The highest BCUT2D eigenvalue weighted by molar-refractivity contribution is 6.04. The minimum absolute atomic E-state index is 0.0409. The van der Waals surface area contributed by atoms with E-state index in [1.165, 1.54) is 0 Å². The smallest absolute Gasteiger partial charge is 0.172 e. The summed E-state index contributed by atoms with van der Waals surface area (Å²) in [6.07, 6.45) is 4.74. The van der Waals surface area contributed by atoms with E-state index >= 15 is 0 Å². The number of methoxy groups -OCH3 is 1. The van der Waals surface area contributed by atoms with Crippen molar-refractivity contribution in [2.75, 3.05) is 13.7 Å². The normalized spacial score (nSPS) is 22.2. The molecule has 0 aromatic carbocycles. The third kappa shape index (κ3) is 1.94. The van der Waals surface area contributed by atoms with Gasteiger partial charge in [0.05, 0.1) is 11.5 Å². The van der Waals surface area contributed by atoms with E-state index in [4.69, 9.17) is 10.00 Å². The van der Waals surface area contributed by atoms with Crippen LogP contribution in [-0.4, -0.2) is 24.5 Å². The van der Waals surface area contributed by atoms with Gasteiger partial charge < -0.3 is 4.74 Å². The third-order valence-corrected chi connectivity index (χ3v) is 3.37. The van der Waals surface area contributed by atoms with Crippen LogP contribution in [0.5, 0.6) is 0 Å². The summed E-state index contributed by atoms with van der Waals surface area (Å²) >= 11 is 0. The summed E-state index contributed by atoms with van der Waals surface area (Å²) < 4.78 is 5.05. The maximum Gasteiger partial charge on any atom is 0.172 e. The Morgan fingerprint density at radius 3 is 3.12 bits per heavy atom. The molecule has 4 heteroatoms. The van der Waals surface area contributed by atoms with Gasteiger partial charge in [-0.25, -0.2) is 0 Å². The van der Waals surface area contributed by atoms with E-state index in [0.29, 0.717) is 25.0 Å². The van der Waals surface area contributed by atoms with Gasteiger partial charge in [-0.05, 0) is 24.5 Å². The molecule has 1 aliphatic carbocycles. The van der Waals surface area contributed by atoms with Crippen molar-refractivity contribution < 1.29 is 9.53 Å². The molecule has 4 nitrogen and oxygen atoms in total. The summed E-state index contributed by atoms with van der Waals surface area (Å²) in [5.74, 6) is 0.0409. The number of rotatable bonds is 4. The highest BCUT2D eigenvalue weighted by Gasteiger charge is 2.45. The fourth-order valence-corrected chi connectivity index (χ4v) is 2.39. The number of Topliss-reactive ketones (excluding diaryl/α,β-unsaturated/α-hetero) is 1. The number of nitriles is 1. The lowest BCUT2D eigenvalue weighted by atomic mass is 9.78. The minimum atomic E-state index is -0.601. The van der Waals surface area contributed by atoms with Crippen molar-refractivity contribution in [3.63, 3.8) is 0 Å². The molecule has 0 spiro atoms. The van der Waals surface area contributed by atoms with Crippen LogP contribution in [0.1, 0.15) is 28.8 Å². The molecule has 1 aromatic heterocycles. The average Bonchev–Trinajstić information content (AvgIpc) is 2.62. The number of pyridine rings is 1. The minimum Gasteiger partial charge on any atom is -0.385 e. The number of ether oxygens (including phenoxy) is 1. The number of ketones is 1. The molecule has 0 amide bonds. The Balaban J connectivity index is 2.33. The molecule has 0 radical (unpaired) electrons. The van der Waals surface area contributed by atoms with E-state index in [1.54, 1.807) is 19.5 Å². The number of hydrogen-bond donors (Lipinski definition) is 0. The molecule has 0 bridgehead atoms. The fourth-order valence-electron chi connectivity index (χ4n) is 2.39. The Hall–Kier alpha value is -1.73. The van der Waals surface area contributed by atoms with E-state index in [2.05, 4.69) is 11.1 Å². The number of carbonyl (C=O) groups excluding carboxylic acids is 1. The van der Waals surface area contributed by atoms with Gasteiger partial charge >= 0.3 is 0 Å². The van der Waals surface area contributed by atoms with Gasteiger partial charge in [-0.3, -0.25) is 9.78 Å². The Labute approximate surface area is 100 Å². The van der Waals surface area contributed by atoms with Crippen LogP contribution in [0.15, 0.2) is 18.5 Å². The fraction of sp³-hybridized carbons (Fsp3) is 0.462. The average molecular weight is 230 g/mol. The molecule has 1 aliphatic rings. The zero-order valence-corrected chi connectivity index (χ0v) is 9.77. The molecular formula is C13H14N2O2. The summed E-state index contributed by atoms with van der Waals surface area (Å²) in [5.41, 5.74) is 1.06. The van der Waals surface area contributed by atoms with Crippen molar-refractivity contribution >= 4 is 5.78 Å². The molecule has 17 heavy (non-hydrogen) atoms. The summed E-state index contributed by atoms with van der Waals surface area (Å²) in [5, 5.41) is 8.93. The molecule has 0 saturated carbocycles. The lowest BCUT2D eigenvalue weighted by Crippen LogP contribution is -2.29. The zero-order valence-electron chi connectivity index (χ0n) is 9.77. The van der Waals surface area contributed by atoms with Gasteiger partial charge in [0.2, 0.25) is 0 Å². The van der Waals surface area contributed by atoms with E-state index in [0.717, 1.165) is 5.56 Å². The second-order valence-corrected chi connectivity index (χ2v) is 4.40. The van der Waals surface area contributed by atoms with Gasteiger partial charge in [0.1, 0.15) is 0 Å². The van der Waals surface area contributed by atoms with Crippen molar-refractivity contribution in [2.24, 2.45) is 5.41 Å². The van der Waals surface area contributed by atoms with Crippen LogP contribution < -0.4 is 0 Å². The van der Waals surface area contributed by atoms with Crippen molar-refractivity contribution in [1.29, 1.82) is 5.26 Å². The molecule has 0 unspecified atom stereocenters. The summed E-state index contributed by atoms with van der Waals surface area (Å²) in [4.78, 5) is 16.3. The van der Waals surface area contributed by atoms with E-state index in [1.807, 2.05) is 6.07 Å². The molecule has 1 heterocycles. The van der Waals surface area contributed by atoms with E-state index in [-0.39, 0.29) is 12.2 Å². The topological polar surface area (TPSA) is 63.0 Å². The molecular weight excluding hydrogens is 216 g/mol.